The molecule has 0 spiro atoms. The van der Waals surface area contributed by atoms with E-state index >= 15 is 0 Å². The van der Waals surface area contributed by atoms with Crippen molar-refractivity contribution in [2.75, 3.05) is 18.2 Å². The van der Waals surface area contributed by atoms with Gasteiger partial charge in [-0.3, -0.25) is 4.79 Å². The zero-order chi connectivity index (χ0) is 14.5. The number of amides is 1. The van der Waals surface area contributed by atoms with Crippen LogP contribution in [0.3, 0.4) is 0 Å². The predicted octanol–water partition coefficient (Wildman–Crippen LogP) is 3.43. The molecule has 4 nitrogen and oxygen atoms in total. The third-order valence-corrected chi connectivity index (χ3v) is 3.25. The summed E-state index contributed by atoms with van der Waals surface area (Å²) in [5.74, 6) is -0.232. The summed E-state index contributed by atoms with van der Waals surface area (Å²) in [4.78, 5) is 12.2. The lowest BCUT2D eigenvalue weighted by Crippen LogP contribution is -2.14. The first-order chi connectivity index (χ1) is 9.60. The molecule has 0 fully saturated rings. The van der Waals surface area contributed by atoms with Crippen LogP contribution < -0.4 is 11.1 Å². The fourth-order valence-corrected chi connectivity index (χ4v) is 2.22. The van der Waals surface area contributed by atoms with E-state index in [4.69, 9.17) is 10.5 Å². The molecule has 0 radical (unpaired) electrons. The predicted molar refractivity (Wildman–Crippen MR) is 83.7 cm³/mol. The first kappa shape index (κ1) is 14.6. The second-order valence-corrected chi connectivity index (χ2v) is 5.23. The molecule has 20 heavy (non-hydrogen) atoms. The molecule has 2 aromatic carbocycles. The Morgan fingerprint density at radius 3 is 2.80 bits per heavy atom. The van der Waals surface area contributed by atoms with Crippen LogP contribution in [-0.2, 0) is 11.3 Å². The molecular formula is C15H15BrN2O2. The van der Waals surface area contributed by atoms with Crippen LogP contribution in [0, 0.1) is 0 Å². The van der Waals surface area contributed by atoms with E-state index < -0.39 is 0 Å². The van der Waals surface area contributed by atoms with Gasteiger partial charge in [0.25, 0.3) is 5.91 Å². The molecule has 2 aromatic rings. The number of benzene rings is 2. The van der Waals surface area contributed by atoms with E-state index in [9.17, 15) is 4.79 Å². The van der Waals surface area contributed by atoms with Gasteiger partial charge in [-0.1, -0.05) is 28.1 Å². The monoisotopic (exact) mass is 334 g/mol. The Kier molecular flexibility index (Phi) is 4.76. The quantitative estimate of drug-likeness (QED) is 0.842. The molecule has 0 atom stereocenters. The number of carbonyl (C=O) groups excluding carboxylic acids is 1. The minimum absolute atomic E-state index is 0.232. The van der Waals surface area contributed by atoms with Crippen LogP contribution in [0.5, 0.6) is 0 Å². The molecule has 0 aliphatic heterocycles. The van der Waals surface area contributed by atoms with E-state index in [0.29, 0.717) is 23.5 Å². The van der Waals surface area contributed by atoms with Crippen molar-refractivity contribution < 1.29 is 9.53 Å². The molecule has 0 saturated carbocycles. The van der Waals surface area contributed by atoms with Crippen molar-refractivity contribution in [3.05, 3.63) is 58.1 Å². The number of hydrogen-bond acceptors (Lipinski definition) is 3. The van der Waals surface area contributed by atoms with Crippen molar-refractivity contribution in [3.63, 3.8) is 0 Å². The lowest BCUT2D eigenvalue weighted by molar-refractivity contribution is 0.102. The van der Waals surface area contributed by atoms with Gasteiger partial charge in [0.2, 0.25) is 0 Å². The molecule has 2 rings (SSSR count). The highest BCUT2D eigenvalue weighted by Gasteiger charge is 2.10. The number of nitrogens with one attached hydrogen (secondary N) is 1. The van der Waals surface area contributed by atoms with Crippen molar-refractivity contribution in [1.29, 1.82) is 0 Å². The number of halogens is 1. The van der Waals surface area contributed by atoms with Crippen molar-refractivity contribution >= 4 is 33.2 Å². The van der Waals surface area contributed by atoms with Gasteiger partial charge in [-0.15, -0.1) is 0 Å². The number of anilines is 2. The number of rotatable bonds is 4. The molecule has 0 bridgehead atoms. The number of nitrogen functional groups attached to an aromatic ring is 1. The van der Waals surface area contributed by atoms with Crippen LogP contribution >= 0.6 is 15.9 Å². The van der Waals surface area contributed by atoms with Crippen molar-refractivity contribution in [1.82, 2.24) is 0 Å². The van der Waals surface area contributed by atoms with E-state index in [1.165, 1.54) is 0 Å². The molecule has 5 heteroatoms. The Labute approximate surface area is 126 Å². The summed E-state index contributed by atoms with van der Waals surface area (Å²) in [6, 6.07) is 12.7. The molecule has 1 amide bonds. The number of hydrogen-bond donors (Lipinski definition) is 2. The minimum atomic E-state index is -0.232. The van der Waals surface area contributed by atoms with Crippen molar-refractivity contribution in [3.8, 4) is 0 Å². The third-order valence-electron chi connectivity index (χ3n) is 2.75. The zero-order valence-corrected chi connectivity index (χ0v) is 12.6. The van der Waals surface area contributed by atoms with Crippen LogP contribution in [0.1, 0.15) is 15.9 Å². The molecule has 104 valence electrons. The Bertz CT molecular complexity index is 629. The number of methoxy groups -OCH3 is 1. The second-order valence-electron chi connectivity index (χ2n) is 4.32. The van der Waals surface area contributed by atoms with Crippen LogP contribution in [-0.4, -0.2) is 13.0 Å². The zero-order valence-electron chi connectivity index (χ0n) is 11.0. The molecule has 0 aromatic heterocycles. The molecule has 0 unspecified atom stereocenters. The smallest absolute Gasteiger partial charge is 0.257 e. The highest BCUT2D eigenvalue weighted by atomic mass is 79.9. The van der Waals surface area contributed by atoms with E-state index in [0.717, 1.165) is 10.0 Å². The Morgan fingerprint density at radius 1 is 1.30 bits per heavy atom. The number of nitrogens with two attached hydrogens (primary N) is 1. The van der Waals surface area contributed by atoms with Crippen LogP contribution in [0.15, 0.2) is 46.9 Å². The van der Waals surface area contributed by atoms with E-state index in [-0.39, 0.29) is 5.91 Å². The lowest BCUT2D eigenvalue weighted by atomic mass is 10.1. The van der Waals surface area contributed by atoms with Gasteiger partial charge in [0.05, 0.1) is 12.2 Å². The van der Waals surface area contributed by atoms with Crippen LogP contribution in [0.2, 0.25) is 0 Å². The average molecular weight is 335 g/mol. The summed E-state index contributed by atoms with van der Waals surface area (Å²) in [5.41, 5.74) is 8.44. The molecule has 3 N–H and O–H groups in total. The van der Waals surface area contributed by atoms with Gasteiger partial charge in [-0.05, 0) is 35.9 Å². The average Bonchev–Trinajstić information content (AvgIpc) is 2.39. The number of ether oxygens (including phenoxy) is 1. The van der Waals surface area contributed by atoms with Crippen molar-refractivity contribution in [2.45, 2.75) is 6.61 Å². The fourth-order valence-electron chi connectivity index (χ4n) is 1.84. The first-order valence-corrected chi connectivity index (χ1v) is 6.83. The summed E-state index contributed by atoms with van der Waals surface area (Å²) >= 11 is 3.31. The van der Waals surface area contributed by atoms with Gasteiger partial charge in [0.15, 0.2) is 0 Å². The van der Waals surface area contributed by atoms with Gasteiger partial charge in [0, 0.05) is 23.0 Å². The van der Waals surface area contributed by atoms with E-state index in [1.807, 2.05) is 24.3 Å². The third kappa shape index (κ3) is 3.59. The lowest BCUT2D eigenvalue weighted by Gasteiger charge is -2.09. The summed E-state index contributed by atoms with van der Waals surface area (Å²) in [6.07, 6.45) is 0. The second kappa shape index (κ2) is 6.54. The van der Waals surface area contributed by atoms with E-state index in [1.54, 1.807) is 25.3 Å². The van der Waals surface area contributed by atoms with E-state index in [2.05, 4.69) is 21.2 Å². The SMILES string of the molecule is COCc1cccc(NC(=O)c2ccc(Br)cc2N)c1. The Morgan fingerprint density at radius 2 is 2.10 bits per heavy atom. The summed E-state index contributed by atoms with van der Waals surface area (Å²) in [7, 11) is 1.63. The summed E-state index contributed by atoms with van der Waals surface area (Å²) in [6.45, 7) is 0.504. The Hall–Kier alpha value is -1.85. The summed E-state index contributed by atoms with van der Waals surface area (Å²) < 4.78 is 5.91. The highest BCUT2D eigenvalue weighted by Crippen LogP contribution is 2.20. The first-order valence-electron chi connectivity index (χ1n) is 6.04. The van der Waals surface area contributed by atoms with Gasteiger partial charge < -0.3 is 15.8 Å². The maximum atomic E-state index is 12.2. The molecule has 0 saturated heterocycles. The minimum Gasteiger partial charge on any atom is -0.398 e. The highest BCUT2D eigenvalue weighted by molar-refractivity contribution is 9.10. The fraction of sp³-hybridized carbons (Fsp3) is 0.133. The Balaban J connectivity index is 2.17. The van der Waals surface area contributed by atoms with Crippen LogP contribution in [0.4, 0.5) is 11.4 Å². The maximum Gasteiger partial charge on any atom is 0.257 e. The summed E-state index contributed by atoms with van der Waals surface area (Å²) in [5, 5.41) is 2.83. The molecule has 0 heterocycles. The normalized spacial score (nSPS) is 10.3. The van der Waals surface area contributed by atoms with Gasteiger partial charge in [-0.25, -0.2) is 0 Å². The topological polar surface area (TPSA) is 64.3 Å². The largest absolute Gasteiger partial charge is 0.398 e. The van der Waals surface area contributed by atoms with Gasteiger partial charge in [-0.2, -0.15) is 0 Å². The molecule has 0 aliphatic carbocycles. The maximum absolute atomic E-state index is 12.2. The van der Waals surface area contributed by atoms with Gasteiger partial charge in [0.1, 0.15) is 0 Å². The van der Waals surface area contributed by atoms with Crippen LogP contribution in [0.25, 0.3) is 0 Å². The van der Waals surface area contributed by atoms with Gasteiger partial charge >= 0.3 is 0 Å². The standard InChI is InChI=1S/C15H15BrN2O2/c1-20-9-10-3-2-4-12(7-10)18-15(19)13-6-5-11(16)8-14(13)17/h2-8H,9,17H2,1H3,(H,18,19). The molecular weight excluding hydrogens is 320 g/mol. The molecule has 0 aliphatic rings. The van der Waals surface area contributed by atoms with Crippen molar-refractivity contribution in [2.24, 2.45) is 0 Å². The number of carbonyl (C=O) groups is 1.